The topological polar surface area (TPSA) is 68.0 Å². The number of rotatable bonds is 4. The second-order valence-electron chi connectivity index (χ2n) is 7.06. The summed E-state index contributed by atoms with van der Waals surface area (Å²) in [4.78, 5) is 18.3. The van der Waals surface area contributed by atoms with E-state index < -0.39 is 0 Å². The van der Waals surface area contributed by atoms with E-state index in [0.717, 1.165) is 4.88 Å². The summed E-state index contributed by atoms with van der Waals surface area (Å²) in [5, 5.41) is 7.04. The van der Waals surface area contributed by atoms with Crippen molar-refractivity contribution in [3.63, 3.8) is 0 Å². The van der Waals surface area contributed by atoms with Crippen molar-refractivity contribution in [1.29, 1.82) is 0 Å². The molecule has 0 aliphatic rings. The first-order chi connectivity index (χ1) is 12.3. The molecule has 0 radical (unpaired) electrons. The highest BCUT2D eigenvalue weighted by atomic mass is 35.5. The van der Waals surface area contributed by atoms with Gasteiger partial charge < -0.3 is 9.84 Å². The number of carbonyl (C=O) groups excluding carboxylic acids is 1. The Balaban J connectivity index is 1.87. The highest BCUT2D eigenvalue weighted by Gasteiger charge is 2.24. The van der Waals surface area contributed by atoms with Gasteiger partial charge in [0.25, 0.3) is 11.8 Å². The van der Waals surface area contributed by atoms with Crippen molar-refractivity contribution in [2.24, 2.45) is 0 Å². The molecule has 0 aliphatic heterocycles. The van der Waals surface area contributed by atoms with E-state index in [2.05, 4.69) is 15.5 Å². The maximum atomic E-state index is 12.8. The molecule has 1 aromatic carbocycles. The van der Waals surface area contributed by atoms with E-state index >= 15 is 0 Å². The van der Waals surface area contributed by atoms with Crippen molar-refractivity contribution in [3.05, 3.63) is 57.0 Å². The third-order valence-electron chi connectivity index (χ3n) is 3.87. The smallest absolute Gasteiger partial charge is 0.258 e. The van der Waals surface area contributed by atoms with Gasteiger partial charge in [0.15, 0.2) is 5.82 Å². The molecule has 3 rings (SSSR count). The Morgan fingerprint density at radius 1 is 1.23 bits per heavy atom. The third-order valence-corrected chi connectivity index (χ3v) is 5.28. The van der Waals surface area contributed by atoms with Crippen LogP contribution in [0.4, 0.5) is 0 Å². The molecule has 7 heteroatoms. The largest absolute Gasteiger partial charge is 0.345 e. The van der Waals surface area contributed by atoms with Crippen LogP contribution in [0, 0.1) is 0 Å². The fraction of sp³-hybridized carbons (Fsp3) is 0.316. The lowest BCUT2D eigenvalue weighted by Crippen LogP contribution is -2.26. The lowest BCUT2D eigenvalue weighted by Gasteiger charge is -2.13. The first kappa shape index (κ1) is 18.6. The first-order valence-electron chi connectivity index (χ1n) is 8.25. The van der Waals surface area contributed by atoms with Crippen LogP contribution >= 0.6 is 22.9 Å². The molecule has 1 amide bonds. The van der Waals surface area contributed by atoms with Crippen LogP contribution in [0.25, 0.3) is 11.5 Å². The number of thiophene rings is 1. The van der Waals surface area contributed by atoms with E-state index in [0.29, 0.717) is 27.2 Å². The van der Waals surface area contributed by atoms with Gasteiger partial charge in [-0.15, -0.1) is 11.3 Å². The zero-order chi connectivity index (χ0) is 18.9. The van der Waals surface area contributed by atoms with Crippen LogP contribution < -0.4 is 5.32 Å². The minimum absolute atomic E-state index is 0.152. The van der Waals surface area contributed by atoms with Crippen LogP contribution in [-0.2, 0) is 5.41 Å². The van der Waals surface area contributed by atoms with E-state index in [4.69, 9.17) is 16.1 Å². The van der Waals surface area contributed by atoms with Crippen LogP contribution in [0.2, 0.25) is 4.34 Å². The van der Waals surface area contributed by atoms with Crippen molar-refractivity contribution in [1.82, 2.24) is 15.5 Å². The molecule has 3 aromatic rings. The van der Waals surface area contributed by atoms with Gasteiger partial charge in [-0.05, 0) is 31.2 Å². The molecular weight excluding hydrogens is 370 g/mol. The van der Waals surface area contributed by atoms with E-state index in [1.54, 1.807) is 6.07 Å². The molecule has 0 saturated heterocycles. The fourth-order valence-electron chi connectivity index (χ4n) is 2.41. The minimum Gasteiger partial charge on any atom is -0.345 e. The van der Waals surface area contributed by atoms with Gasteiger partial charge in [0.2, 0.25) is 0 Å². The van der Waals surface area contributed by atoms with Gasteiger partial charge in [-0.3, -0.25) is 4.79 Å². The van der Waals surface area contributed by atoms with E-state index in [-0.39, 0.29) is 17.4 Å². The zero-order valence-electron chi connectivity index (χ0n) is 15.0. The molecule has 0 spiro atoms. The van der Waals surface area contributed by atoms with E-state index in [1.165, 1.54) is 11.3 Å². The number of hydrogen-bond donors (Lipinski definition) is 1. The standard InChI is InChI=1S/C19H20ClN3O2S/c1-11(14-9-10-15(20)26-14)21-16(24)12-7-5-6-8-13(12)17-22-18(23-25-17)19(2,3)4/h5-11H,1-4H3,(H,21,24). The van der Waals surface area contributed by atoms with Gasteiger partial charge in [0, 0.05) is 10.3 Å². The summed E-state index contributed by atoms with van der Waals surface area (Å²) in [6.45, 7) is 7.95. The summed E-state index contributed by atoms with van der Waals surface area (Å²) >= 11 is 7.43. The molecule has 26 heavy (non-hydrogen) atoms. The Morgan fingerprint density at radius 3 is 2.58 bits per heavy atom. The number of amides is 1. The van der Waals surface area contributed by atoms with Gasteiger partial charge in [0.05, 0.1) is 21.5 Å². The first-order valence-corrected chi connectivity index (χ1v) is 9.45. The summed E-state index contributed by atoms with van der Waals surface area (Å²) in [5.41, 5.74) is 0.877. The molecule has 2 aromatic heterocycles. The lowest BCUT2D eigenvalue weighted by atomic mass is 9.96. The molecule has 5 nitrogen and oxygen atoms in total. The second kappa shape index (κ2) is 7.21. The lowest BCUT2D eigenvalue weighted by molar-refractivity contribution is 0.0941. The normalized spacial score (nSPS) is 12.8. The number of nitrogens with one attached hydrogen (secondary N) is 1. The maximum absolute atomic E-state index is 12.8. The number of carbonyl (C=O) groups is 1. The van der Waals surface area contributed by atoms with Crippen molar-refractivity contribution >= 4 is 28.8 Å². The van der Waals surface area contributed by atoms with Crippen LogP contribution in [0.1, 0.15) is 54.8 Å². The molecule has 0 fully saturated rings. The SMILES string of the molecule is CC(NC(=O)c1ccccc1-c1nc(C(C)(C)C)no1)c1ccc(Cl)s1. The minimum atomic E-state index is -0.230. The van der Waals surface area contributed by atoms with Gasteiger partial charge in [-0.1, -0.05) is 49.7 Å². The quantitative estimate of drug-likeness (QED) is 0.662. The fourth-order valence-corrected chi connectivity index (χ4v) is 3.47. The Hall–Kier alpha value is -2.18. The average molecular weight is 390 g/mol. The van der Waals surface area contributed by atoms with Gasteiger partial charge in [-0.25, -0.2) is 0 Å². The van der Waals surface area contributed by atoms with Crippen LogP contribution in [0.3, 0.4) is 0 Å². The van der Waals surface area contributed by atoms with Crippen molar-refractivity contribution in [3.8, 4) is 11.5 Å². The molecule has 1 N–H and O–H groups in total. The Labute approximate surface area is 161 Å². The number of aromatic nitrogens is 2. The summed E-state index contributed by atoms with van der Waals surface area (Å²) in [6.07, 6.45) is 0. The molecular formula is C19H20ClN3O2S. The predicted molar refractivity (Wildman–Crippen MR) is 104 cm³/mol. The highest BCUT2D eigenvalue weighted by molar-refractivity contribution is 7.16. The second-order valence-corrected chi connectivity index (χ2v) is 8.80. The molecule has 0 saturated carbocycles. The number of hydrogen-bond acceptors (Lipinski definition) is 5. The Kier molecular flexibility index (Phi) is 5.16. The van der Waals surface area contributed by atoms with Gasteiger partial charge in [-0.2, -0.15) is 4.98 Å². The molecule has 0 bridgehead atoms. The van der Waals surface area contributed by atoms with Gasteiger partial charge in [0.1, 0.15) is 0 Å². The monoisotopic (exact) mass is 389 g/mol. The van der Waals surface area contributed by atoms with Crippen molar-refractivity contribution in [2.45, 2.75) is 39.2 Å². The number of benzene rings is 1. The molecule has 1 unspecified atom stereocenters. The zero-order valence-corrected chi connectivity index (χ0v) is 16.6. The molecule has 0 aliphatic carbocycles. The van der Waals surface area contributed by atoms with Gasteiger partial charge >= 0.3 is 0 Å². The Bertz CT molecular complexity index is 927. The maximum Gasteiger partial charge on any atom is 0.258 e. The summed E-state index contributed by atoms with van der Waals surface area (Å²) in [6, 6.07) is 10.8. The van der Waals surface area contributed by atoms with Crippen LogP contribution in [-0.4, -0.2) is 16.0 Å². The van der Waals surface area contributed by atoms with Crippen molar-refractivity contribution < 1.29 is 9.32 Å². The molecule has 2 heterocycles. The van der Waals surface area contributed by atoms with E-state index in [9.17, 15) is 4.79 Å². The van der Waals surface area contributed by atoms with Crippen LogP contribution in [0.5, 0.6) is 0 Å². The highest BCUT2D eigenvalue weighted by Crippen LogP contribution is 2.29. The average Bonchev–Trinajstić information content (AvgIpc) is 3.23. The summed E-state index contributed by atoms with van der Waals surface area (Å²) in [5.74, 6) is 0.741. The Morgan fingerprint density at radius 2 is 1.96 bits per heavy atom. The summed E-state index contributed by atoms with van der Waals surface area (Å²) in [7, 11) is 0. The van der Waals surface area contributed by atoms with E-state index in [1.807, 2.05) is 58.0 Å². The molecule has 1 atom stereocenters. The number of nitrogens with zero attached hydrogens (tertiary/aromatic N) is 2. The van der Waals surface area contributed by atoms with Crippen LogP contribution in [0.15, 0.2) is 40.9 Å². The molecule has 136 valence electrons. The third kappa shape index (κ3) is 3.97. The number of halogens is 1. The summed E-state index contributed by atoms with van der Waals surface area (Å²) < 4.78 is 6.10. The van der Waals surface area contributed by atoms with Crippen molar-refractivity contribution in [2.75, 3.05) is 0 Å². The predicted octanol–water partition coefficient (Wildman–Crippen LogP) is 5.24.